The average molecular weight is 427 g/mol. The summed E-state index contributed by atoms with van der Waals surface area (Å²) in [5.41, 5.74) is 3.71. The van der Waals surface area contributed by atoms with Gasteiger partial charge in [-0.15, -0.1) is 0 Å². The molecule has 0 aliphatic carbocycles. The van der Waals surface area contributed by atoms with E-state index >= 15 is 0 Å². The van der Waals surface area contributed by atoms with E-state index in [1.54, 1.807) is 27.6 Å². The summed E-state index contributed by atoms with van der Waals surface area (Å²) < 4.78 is 3.32. The van der Waals surface area contributed by atoms with E-state index in [2.05, 4.69) is 15.5 Å². The van der Waals surface area contributed by atoms with Crippen molar-refractivity contribution in [3.05, 3.63) is 62.1 Å². The molecule has 2 heterocycles. The van der Waals surface area contributed by atoms with Gasteiger partial charge in [-0.25, -0.2) is 0 Å². The molecule has 0 bridgehead atoms. The van der Waals surface area contributed by atoms with Crippen molar-refractivity contribution in [1.29, 1.82) is 0 Å². The minimum absolute atomic E-state index is 0.0684. The van der Waals surface area contributed by atoms with Crippen LogP contribution >= 0.6 is 34.8 Å². The summed E-state index contributed by atoms with van der Waals surface area (Å²) in [4.78, 5) is 12.4. The molecule has 6 nitrogen and oxygen atoms in total. The molecule has 2 aromatic heterocycles. The Morgan fingerprint density at radius 2 is 1.70 bits per heavy atom. The molecule has 27 heavy (non-hydrogen) atoms. The van der Waals surface area contributed by atoms with Crippen molar-refractivity contribution in [3.8, 4) is 0 Å². The number of nitrogens with one attached hydrogen (secondary N) is 1. The number of hydrogen-bond donors (Lipinski definition) is 1. The summed E-state index contributed by atoms with van der Waals surface area (Å²) in [5, 5.41) is 13.2. The molecule has 142 valence electrons. The van der Waals surface area contributed by atoms with Crippen molar-refractivity contribution in [1.82, 2.24) is 19.6 Å². The molecule has 0 radical (unpaired) electrons. The van der Waals surface area contributed by atoms with Gasteiger partial charge in [-0.1, -0.05) is 40.9 Å². The number of rotatable bonds is 5. The van der Waals surface area contributed by atoms with Crippen molar-refractivity contribution < 1.29 is 4.79 Å². The Morgan fingerprint density at radius 1 is 1.04 bits per heavy atom. The van der Waals surface area contributed by atoms with Crippen LogP contribution in [0.5, 0.6) is 0 Å². The standard InChI is InChI=1S/C18H18Cl3N5O/c1-10-18(23-17(27)9-25-11(2)16(21)7-22-25)12(3)26(24-10)8-13-14(19)5-4-6-15(13)20/h4-7H,8-9H2,1-3H3,(H,23,27). The number of anilines is 1. The Kier molecular flexibility index (Phi) is 5.79. The number of halogens is 3. The Balaban J connectivity index is 1.79. The van der Waals surface area contributed by atoms with Gasteiger partial charge in [0.1, 0.15) is 6.54 Å². The minimum Gasteiger partial charge on any atom is -0.321 e. The predicted molar refractivity (Wildman–Crippen MR) is 108 cm³/mol. The van der Waals surface area contributed by atoms with Gasteiger partial charge in [-0.3, -0.25) is 14.2 Å². The molecule has 0 saturated carbocycles. The van der Waals surface area contributed by atoms with E-state index in [0.29, 0.717) is 33.0 Å². The van der Waals surface area contributed by atoms with Crippen molar-refractivity contribution in [2.24, 2.45) is 0 Å². The largest absolute Gasteiger partial charge is 0.321 e. The van der Waals surface area contributed by atoms with Crippen molar-refractivity contribution in [3.63, 3.8) is 0 Å². The van der Waals surface area contributed by atoms with Gasteiger partial charge < -0.3 is 5.32 Å². The van der Waals surface area contributed by atoms with Gasteiger partial charge in [-0.2, -0.15) is 10.2 Å². The zero-order valence-electron chi connectivity index (χ0n) is 15.1. The fourth-order valence-electron chi connectivity index (χ4n) is 2.76. The number of carbonyl (C=O) groups is 1. The third-order valence-electron chi connectivity index (χ3n) is 4.35. The second kappa shape index (κ2) is 7.92. The Hall–Kier alpha value is -2.02. The summed E-state index contributed by atoms with van der Waals surface area (Å²) in [5.74, 6) is -0.209. The van der Waals surface area contributed by atoms with Crippen LogP contribution in [0.4, 0.5) is 5.69 Å². The number of carbonyl (C=O) groups excluding carboxylic acids is 1. The predicted octanol–water partition coefficient (Wildman–Crippen LogP) is 4.65. The zero-order chi connectivity index (χ0) is 19.7. The third-order valence-corrected chi connectivity index (χ3v) is 5.43. The van der Waals surface area contributed by atoms with Crippen LogP contribution in [0.25, 0.3) is 0 Å². The Bertz CT molecular complexity index is 989. The van der Waals surface area contributed by atoms with Crippen LogP contribution < -0.4 is 5.32 Å². The van der Waals surface area contributed by atoms with Gasteiger partial charge in [0.15, 0.2) is 0 Å². The second-order valence-electron chi connectivity index (χ2n) is 6.19. The molecule has 0 atom stereocenters. The van der Waals surface area contributed by atoms with Crippen LogP contribution in [-0.2, 0) is 17.9 Å². The molecule has 3 aromatic rings. The lowest BCUT2D eigenvalue weighted by Gasteiger charge is -2.10. The normalized spacial score (nSPS) is 11.0. The molecule has 0 saturated heterocycles. The highest BCUT2D eigenvalue weighted by atomic mass is 35.5. The summed E-state index contributed by atoms with van der Waals surface area (Å²) in [6.45, 7) is 6.01. The van der Waals surface area contributed by atoms with Crippen LogP contribution in [-0.4, -0.2) is 25.5 Å². The number of amides is 1. The topological polar surface area (TPSA) is 64.7 Å². The maximum Gasteiger partial charge on any atom is 0.246 e. The van der Waals surface area contributed by atoms with E-state index in [1.807, 2.05) is 20.8 Å². The highest BCUT2D eigenvalue weighted by molar-refractivity contribution is 6.36. The number of hydrogen-bond acceptors (Lipinski definition) is 3. The summed E-state index contributed by atoms with van der Waals surface area (Å²) >= 11 is 18.5. The number of aromatic nitrogens is 4. The molecule has 1 amide bonds. The van der Waals surface area contributed by atoms with Gasteiger partial charge in [0.25, 0.3) is 0 Å². The van der Waals surface area contributed by atoms with E-state index in [0.717, 1.165) is 17.0 Å². The van der Waals surface area contributed by atoms with Crippen LogP contribution in [0.1, 0.15) is 22.6 Å². The zero-order valence-corrected chi connectivity index (χ0v) is 17.3. The summed E-state index contributed by atoms with van der Waals surface area (Å²) in [6, 6.07) is 5.37. The monoisotopic (exact) mass is 425 g/mol. The molecule has 9 heteroatoms. The molecule has 0 fully saturated rings. The molecule has 1 aromatic carbocycles. The van der Waals surface area contributed by atoms with E-state index in [4.69, 9.17) is 34.8 Å². The van der Waals surface area contributed by atoms with Crippen LogP contribution in [0.15, 0.2) is 24.4 Å². The first-order valence-electron chi connectivity index (χ1n) is 8.22. The molecular formula is C18H18Cl3N5O. The van der Waals surface area contributed by atoms with Crippen molar-refractivity contribution in [2.45, 2.75) is 33.9 Å². The van der Waals surface area contributed by atoms with Gasteiger partial charge >= 0.3 is 0 Å². The van der Waals surface area contributed by atoms with E-state index in [9.17, 15) is 4.79 Å². The highest BCUT2D eigenvalue weighted by Crippen LogP contribution is 2.27. The first-order valence-corrected chi connectivity index (χ1v) is 9.36. The number of nitrogens with zero attached hydrogens (tertiary/aromatic N) is 4. The lowest BCUT2D eigenvalue weighted by Crippen LogP contribution is -2.21. The van der Waals surface area contributed by atoms with Gasteiger partial charge in [0.05, 0.1) is 40.5 Å². The minimum atomic E-state index is -0.209. The maximum absolute atomic E-state index is 12.4. The molecule has 0 aliphatic rings. The first kappa shape index (κ1) is 19.7. The number of aryl methyl sites for hydroxylation is 1. The van der Waals surface area contributed by atoms with E-state index in [-0.39, 0.29) is 12.5 Å². The van der Waals surface area contributed by atoms with E-state index < -0.39 is 0 Å². The third kappa shape index (κ3) is 4.13. The lowest BCUT2D eigenvalue weighted by molar-refractivity contribution is -0.116. The van der Waals surface area contributed by atoms with Crippen LogP contribution in [0.2, 0.25) is 15.1 Å². The maximum atomic E-state index is 12.4. The molecule has 0 aliphatic heterocycles. The lowest BCUT2D eigenvalue weighted by atomic mass is 10.2. The molecular weight excluding hydrogens is 409 g/mol. The van der Waals surface area contributed by atoms with Gasteiger partial charge in [0, 0.05) is 15.6 Å². The molecule has 0 unspecified atom stereocenters. The summed E-state index contributed by atoms with van der Waals surface area (Å²) in [6.07, 6.45) is 1.52. The molecule has 1 N–H and O–H groups in total. The van der Waals surface area contributed by atoms with Gasteiger partial charge in [-0.05, 0) is 32.9 Å². The number of benzene rings is 1. The second-order valence-corrected chi connectivity index (χ2v) is 7.41. The molecule has 0 spiro atoms. The molecule has 3 rings (SSSR count). The van der Waals surface area contributed by atoms with Gasteiger partial charge in [0.2, 0.25) is 5.91 Å². The Labute approximate surface area is 172 Å². The summed E-state index contributed by atoms with van der Waals surface area (Å²) in [7, 11) is 0. The fourth-order valence-corrected chi connectivity index (χ4v) is 3.42. The Morgan fingerprint density at radius 3 is 2.30 bits per heavy atom. The van der Waals surface area contributed by atoms with Crippen molar-refractivity contribution in [2.75, 3.05) is 5.32 Å². The first-order chi connectivity index (χ1) is 12.8. The van der Waals surface area contributed by atoms with Crippen LogP contribution in [0, 0.1) is 20.8 Å². The quantitative estimate of drug-likeness (QED) is 0.646. The smallest absolute Gasteiger partial charge is 0.246 e. The van der Waals surface area contributed by atoms with Crippen molar-refractivity contribution >= 4 is 46.4 Å². The average Bonchev–Trinajstić information content (AvgIpc) is 3.06. The van der Waals surface area contributed by atoms with Crippen LogP contribution in [0.3, 0.4) is 0 Å². The van der Waals surface area contributed by atoms with E-state index in [1.165, 1.54) is 6.20 Å². The fraction of sp³-hybridized carbons (Fsp3) is 0.278. The SMILES string of the molecule is Cc1nn(Cc2c(Cl)cccc2Cl)c(C)c1NC(=O)Cn1ncc(Cl)c1C. The highest BCUT2D eigenvalue weighted by Gasteiger charge is 2.17.